The monoisotopic (exact) mass is 396 g/mol. The van der Waals surface area contributed by atoms with Crippen LogP contribution in [0, 0.1) is 5.82 Å². The lowest BCUT2D eigenvalue weighted by Crippen LogP contribution is -2.49. The molecular weight excluding hydrogens is 375 g/mol. The summed E-state index contributed by atoms with van der Waals surface area (Å²) in [6, 6.07) is 34.9. The Morgan fingerprint density at radius 1 is 0.600 bits per heavy atom. The molecule has 0 aromatic heterocycles. The largest absolute Gasteiger partial charge is 0.320 e. The van der Waals surface area contributed by atoms with Gasteiger partial charge in [-0.2, -0.15) is 0 Å². The molecule has 4 aromatic carbocycles. The van der Waals surface area contributed by atoms with Crippen LogP contribution >= 0.6 is 0 Å². The molecule has 0 aliphatic carbocycles. The standard InChI is InChI=1S/C26H21FN2O/c27-23-16-18-24(19-17-23)28-25(30)29-26(20-10-4-1-5-11-20,21-12-6-2-7-13-21)22-14-8-3-9-15-22/h1-19H,(H2,28,29,30). The number of nitrogens with one attached hydrogen (secondary N) is 2. The van der Waals surface area contributed by atoms with Gasteiger partial charge < -0.3 is 10.6 Å². The van der Waals surface area contributed by atoms with Crippen molar-refractivity contribution in [2.45, 2.75) is 5.54 Å². The molecule has 0 atom stereocenters. The van der Waals surface area contributed by atoms with Crippen molar-refractivity contribution in [1.29, 1.82) is 0 Å². The van der Waals surface area contributed by atoms with Gasteiger partial charge in [-0.3, -0.25) is 0 Å². The lowest BCUT2D eigenvalue weighted by atomic mass is 9.77. The molecule has 0 aliphatic heterocycles. The first-order valence-electron chi connectivity index (χ1n) is 9.70. The summed E-state index contributed by atoms with van der Waals surface area (Å²) in [6.07, 6.45) is 0. The number of urea groups is 1. The molecular formula is C26H21FN2O. The highest BCUT2D eigenvalue weighted by molar-refractivity contribution is 5.90. The Hall–Kier alpha value is -3.92. The average Bonchev–Trinajstić information content (AvgIpc) is 2.81. The number of anilines is 1. The maximum atomic E-state index is 13.2. The number of benzene rings is 4. The Morgan fingerprint density at radius 2 is 1.00 bits per heavy atom. The fourth-order valence-electron chi connectivity index (χ4n) is 3.65. The fourth-order valence-corrected chi connectivity index (χ4v) is 3.65. The minimum atomic E-state index is -0.909. The highest BCUT2D eigenvalue weighted by atomic mass is 19.1. The van der Waals surface area contributed by atoms with Gasteiger partial charge >= 0.3 is 6.03 Å². The van der Waals surface area contributed by atoms with Gasteiger partial charge in [-0.25, -0.2) is 9.18 Å². The van der Waals surface area contributed by atoms with Crippen molar-refractivity contribution in [3.05, 3.63) is 138 Å². The molecule has 2 amide bonds. The minimum Gasteiger partial charge on any atom is -0.320 e. The van der Waals surface area contributed by atoms with Crippen LogP contribution in [0.5, 0.6) is 0 Å². The molecule has 0 saturated heterocycles. The highest BCUT2D eigenvalue weighted by Crippen LogP contribution is 2.36. The van der Waals surface area contributed by atoms with Gasteiger partial charge in [-0.1, -0.05) is 91.0 Å². The zero-order chi connectivity index (χ0) is 20.8. The number of halogens is 1. The Kier molecular flexibility index (Phi) is 5.57. The first-order valence-corrected chi connectivity index (χ1v) is 9.70. The summed E-state index contributed by atoms with van der Waals surface area (Å²) in [4.78, 5) is 13.1. The van der Waals surface area contributed by atoms with Crippen LogP contribution in [-0.4, -0.2) is 6.03 Å². The topological polar surface area (TPSA) is 41.1 Å². The Morgan fingerprint density at radius 3 is 1.40 bits per heavy atom. The molecule has 0 aliphatic rings. The summed E-state index contributed by atoms with van der Waals surface area (Å²) >= 11 is 0. The molecule has 3 nitrogen and oxygen atoms in total. The number of hydrogen-bond donors (Lipinski definition) is 2. The summed E-state index contributed by atoms with van der Waals surface area (Å²) in [5, 5.41) is 6.02. The van der Waals surface area contributed by atoms with Gasteiger partial charge in [0.1, 0.15) is 11.4 Å². The van der Waals surface area contributed by atoms with Crippen LogP contribution < -0.4 is 10.6 Å². The van der Waals surface area contributed by atoms with Crippen LogP contribution in [0.25, 0.3) is 0 Å². The first kappa shape index (κ1) is 19.4. The van der Waals surface area contributed by atoms with Crippen LogP contribution in [-0.2, 0) is 5.54 Å². The van der Waals surface area contributed by atoms with E-state index in [9.17, 15) is 9.18 Å². The first-order chi connectivity index (χ1) is 14.7. The lowest BCUT2D eigenvalue weighted by molar-refractivity contribution is 0.245. The van der Waals surface area contributed by atoms with E-state index in [1.165, 1.54) is 24.3 Å². The smallest absolute Gasteiger partial charge is 0.320 e. The molecule has 2 N–H and O–H groups in total. The van der Waals surface area contributed by atoms with E-state index in [0.29, 0.717) is 5.69 Å². The van der Waals surface area contributed by atoms with Gasteiger partial charge in [-0.05, 0) is 41.0 Å². The van der Waals surface area contributed by atoms with Crippen molar-refractivity contribution in [2.24, 2.45) is 0 Å². The molecule has 0 heterocycles. The van der Waals surface area contributed by atoms with Crippen LogP contribution in [0.2, 0.25) is 0 Å². The van der Waals surface area contributed by atoms with Gasteiger partial charge in [0, 0.05) is 5.69 Å². The third-order valence-corrected chi connectivity index (χ3v) is 5.02. The molecule has 4 heteroatoms. The zero-order valence-electron chi connectivity index (χ0n) is 16.3. The third kappa shape index (κ3) is 3.94. The third-order valence-electron chi connectivity index (χ3n) is 5.02. The summed E-state index contributed by atoms with van der Waals surface area (Å²) < 4.78 is 13.2. The van der Waals surface area contributed by atoms with Crippen LogP contribution in [0.3, 0.4) is 0 Å². The molecule has 30 heavy (non-hydrogen) atoms. The van der Waals surface area contributed by atoms with E-state index in [1.807, 2.05) is 91.0 Å². The van der Waals surface area contributed by atoms with Crippen molar-refractivity contribution in [3.8, 4) is 0 Å². The van der Waals surface area contributed by atoms with Gasteiger partial charge in [0.2, 0.25) is 0 Å². The Balaban J connectivity index is 1.82. The van der Waals surface area contributed by atoms with Gasteiger partial charge in [-0.15, -0.1) is 0 Å². The molecule has 148 valence electrons. The maximum Gasteiger partial charge on any atom is 0.320 e. The number of carbonyl (C=O) groups is 1. The van der Waals surface area contributed by atoms with E-state index in [1.54, 1.807) is 0 Å². The molecule has 0 unspecified atom stereocenters. The van der Waals surface area contributed by atoms with Crippen molar-refractivity contribution in [1.82, 2.24) is 5.32 Å². The molecule has 0 spiro atoms. The van der Waals surface area contributed by atoms with Gasteiger partial charge in [0.15, 0.2) is 0 Å². The van der Waals surface area contributed by atoms with Crippen molar-refractivity contribution >= 4 is 11.7 Å². The number of amides is 2. The van der Waals surface area contributed by atoms with Crippen LogP contribution in [0.15, 0.2) is 115 Å². The number of rotatable bonds is 5. The van der Waals surface area contributed by atoms with Crippen molar-refractivity contribution in [2.75, 3.05) is 5.32 Å². The SMILES string of the molecule is O=C(Nc1ccc(F)cc1)NC(c1ccccc1)(c1ccccc1)c1ccccc1. The summed E-state index contributed by atoms with van der Waals surface area (Å²) in [5.74, 6) is -0.354. The second kappa shape index (κ2) is 8.62. The normalized spacial score (nSPS) is 11.0. The van der Waals surface area contributed by atoms with E-state index in [0.717, 1.165) is 16.7 Å². The summed E-state index contributed by atoms with van der Waals surface area (Å²) in [6.45, 7) is 0. The highest BCUT2D eigenvalue weighted by Gasteiger charge is 2.37. The molecule has 4 rings (SSSR count). The minimum absolute atomic E-state index is 0.354. The van der Waals surface area contributed by atoms with E-state index >= 15 is 0 Å². The molecule has 0 bridgehead atoms. The number of carbonyl (C=O) groups excluding carboxylic acids is 1. The van der Waals surface area contributed by atoms with Crippen LogP contribution in [0.1, 0.15) is 16.7 Å². The quantitative estimate of drug-likeness (QED) is 0.403. The maximum absolute atomic E-state index is 13.2. The predicted molar refractivity (Wildman–Crippen MR) is 118 cm³/mol. The Bertz CT molecular complexity index is 1000. The summed E-state index contributed by atoms with van der Waals surface area (Å²) in [5.41, 5.74) is 2.38. The van der Waals surface area contributed by atoms with E-state index in [2.05, 4.69) is 10.6 Å². The molecule has 0 fully saturated rings. The molecule has 4 aromatic rings. The number of hydrogen-bond acceptors (Lipinski definition) is 1. The van der Waals surface area contributed by atoms with Crippen molar-refractivity contribution in [3.63, 3.8) is 0 Å². The molecule has 0 radical (unpaired) electrons. The van der Waals surface area contributed by atoms with Gasteiger partial charge in [0.05, 0.1) is 0 Å². The summed E-state index contributed by atoms with van der Waals surface area (Å²) in [7, 11) is 0. The predicted octanol–water partition coefficient (Wildman–Crippen LogP) is 5.94. The fraction of sp³-hybridized carbons (Fsp3) is 0.0385. The van der Waals surface area contributed by atoms with Gasteiger partial charge in [0.25, 0.3) is 0 Å². The lowest BCUT2D eigenvalue weighted by Gasteiger charge is -2.36. The zero-order valence-corrected chi connectivity index (χ0v) is 16.3. The van der Waals surface area contributed by atoms with Crippen molar-refractivity contribution < 1.29 is 9.18 Å². The van der Waals surface area contributed by atoms with E-state index in [-0.39, 0.29) is 5.82 Å². The second-order valence-corrected chi connectivity index (χ2v) is 6.93. The average molecular weight is 396 g/mol. The Labute approximate surface area is 175 Å². The molecule has 0 saturated carbocycles. The van der Waals surface area contributed by atoms with E-state index in [4.69, 9.17) is 0 Å². The van der Waals surface area contributed by atoms with Crippen LogP contribution in [0.4, 0.5) is 14.9 Å². The second-order valence-electron chi connectivity index (χ2n) is 6.93. The van der Waals surface area contributed by atoms with E-state index < -0.39 is 11.6 Å².